The molecule has 134 valence electrons. The Morgan fingerprint density at radius 3 is 2.64 bits per heavy atom. The summed E-state index contributed by atoms with van der Waals surface area (Å²) in [5.74, 6) is 0.979. The van der Waals surface area contributed by atoms with Gasteiger partial charge in [-0.25, -0.2) is 4.39 Å². The summed E-state index contributed by atoms with van der Waals surface area (Å²) in [7, 11) is 0. The average Bonchev–Trinajstić information content (AvgIpc) is 2.65. The second-order valence-electron chi connectivity index (χ2n) is 7.63. The fourth-order valence-electron chi connectivity index (χ4n) is 4.30. The van der Waals surface area contributed by atoms with Crippen LogP contribution >= 0.6 is 0 Å². The number of benzene rings is 1. The summed E-state index contributed by atoms with van der Waals surface area (Å²) in [6.45, 7) is 3.38. The molecule has 0 unspecified atom stereocenters. The first-order chi connectivity index (χ1) is 12.3. The molecule has 0 N–H and O–H groups in total. The van der Waals surface area contributed by atoms with E-state index in [9.17, 15) is 4.39 Å². The quantitative estimate of drug-likeness (QED) is 0.798. The van der Waals surface area contributed by atoms with Gasteiger partial charge in [-0.15, -0.1) is 0 Å². The molecule has 4 heteroatoms. The highest BCUT2D eigenvalue weighted by molar-refractivity contribution is 5.83. The summed E-state index contributed by atoms with van der Waals surface area (Å²) >= 11 is 0. The third-order valence-corrected chi connectivity index (χ3v) is 5.76. The van der Waals surface area contributed by atoms with Gasteiger partial charge in [0.1, 0.15) is 6.10 Å². The maximum Gasteiger partial charge on any atom is 0.165 e. The summed E-state index contributed by atoms with van der Waals surface area (Å²) in [6.07, 6.45) is 12.5. The lowest BCUT2D eigenvalue weighted by Crippen LogP contribution is -2.41. The molecule has 1 saturated heterocycles. The monoisotopic (exact) mass is 342 g/mol. The molecule has 2 fully saturated rings. The van der Waals surface area contributed by atoms with Crippen molar-refractivity contribution < 1.29 is 9.13 Å². The Hall–Kier alpha value is -1.68. The van der Waals surface area contributed by atoms with Crippen LogP contribution < -0.4 is 4.74 Å². The van der Waals surface area contributed by atoms with E-state index in [4.69, 9.17) is 4.74 Å². The van der Waals surface area contributed by atoms with Crippen LogP contribution in [0.5, 0.6) is 5.75 Å². The number of hydrogen-bond acceptors (Lipinski definition) is 3. The van der Waals surface area contributed by atoms with Crippen LogP contribution in [0.2, 0.25) is 0 Å². The first kappa shape index (κ1) is 16.8. The van der Waals surface area contributed by atoms with Crippen molar-refractivity contribution in [1.29, 1.82) is 0 Å². The SMILES string of the molecule is Fc1cc2cnccc2cc1OC1CCN(CC2CCCCC2)CC1. The van der Waals surface area contributed by atoms with E-state index in [0.29, 0.717) is 5.75 Å². The number of nitrogens with zero attached hydrogens (tertiary/aromatic N) is 2. The number of piperidine rings is 1. The number of halogens is 1. The van der Waals surface area contributed by atoms with Gasteiger partial charge in [-0.3, -0.25) is 4.98 Å². The molecule has 1 aliphatic carbocycles. The van der Waals surface area contributed by atoms with Gasteiger partial charge in [0, 0.05) is 37.4 Å². The maximum atomic E-state index is 14.3. The smallest absolute Gasteiger partial charge is 0.165 e. The van der Waals surface area contributed by atoms with Crippen LogP contribution in [0.1, 0.15) is 44.9 Å². The molecule has 3 nitrogen and oxygen atoms in total. The third-order valence-electron chi connectivity index (χ3n) is 5.76. The van der Waals surface area contributed by atoms with E-state index in [1.165, 1.54) is 44.7 Å². The minimum absolute atomic E-state index is 0.122. The summed E-state index contributed by atoms with van der Waals surface area (Å²) in [6, 6.07) is 5.23. The fraction of sp³-hybridized carbons (Fsp3) is 0.571. The first-order valence-electron chi connectivity index (χ1n) is 9.70. The standard InChI is InChI=1S/C21H27FN2O/c22-20-12-18-14-23-9-6-17(18)13-21(20)25-19-7-10-24(11-8-19)15-16-4-2-1-3-5-16/h6,9,12-14,16,19H,1-5,7-8,10-11,15H2. The molecule has 0 bridgehead atoms. The number of rotatable bonds is 4. The van der Waals surface area contributed by atoms with Crippen molar-refractivity contribution >= 4 is 10.8 Å². The highest BCUT2D eigenvalue weighted by Crippen LogP contribution is 2.28. The van der Waals surface area contributed by atoms with E-state index in [-0.39, 0.29) is 11.9 Å². The molecular formula is C21H27FN2O. The third kappa shape index (κ3) is 4.12. The number of aromatic nitrogens is 1. The summed E-state index contributed by atoms with van der Waals surface area (Å²) < 4.78 is 20.3. The molecule has 2 aliphatic rings. The predicted octanol–water partition coefficient (Wildman–Crippen LogP) is 4.80. The van der Waals surface area contributed by atoms with Crippen LogP contribution in [0, 0.1) is 11.7 Å². The Balaban J connectivity index is 1.33. The van der Waals surface area contributed by atoms with Crippen molar-refractivity contribution in [2.75, 3.05) is 19.6 Å². The van der Waals surface area contributed by atoms with Gasteiger partial charge in [-0.1, -0.05) is 19.3 Å². The molecule has 0 amide bonds. The normalized spacial score (nSPS) is 20.8. The van der Waals surface area contributed by atoms with Crippen molar-refractivity contribution in [3.05, 3.63) is 36.4 Å². The zero-order chi connectivity index (χ0) is 17.1. The van der Waals surface area contributed by atoms with Crippen LogP contribution in [0.25, 0.3) is 10.8 Å². The lowest BCUT2D eigenvalue weighted by atomic mass is 9.88. The molecule has 1 aromatic heterocycles. The highest BCUT2D eigenvalue weighted by atomic mass is 19.1. The molecule has 4 rings (SSSR count). The zero-order valence-electron chi connectivity index (χ0n) is 14.8. The van der Waals surface area contributed by atoms with Crippen LogP contribution in [0.4, 0.5) is 4.39 Å². The van der Waals surface area contributed by atoms with E-state index in [2.05, 4.69) is 9.88 Å². The Morgan fingerprint density at radius 1 is 1.04 bits per heavy atom. The van der Waals surface area contributed by atoms with E-state index < -0.39 is 0 Å². The lowest BCUT2D eigenvalue weighted by molar-refractivity contribution is 0.0838. The van der Waals surface area contributed by atoms with Gasteiger partial charge in [0.25, 0.3) is 0 Å². The van der Waals surface area contributed by atoms with Gasteiger partial charge in [0.15, 0.2) is 11.6 Å². The number of likely N-dealkylation sites (tertiary alicyclic amines) is 1. The Bertz CT molecular complexity index is 706. The number of hydrogen-bond donors (Lipinski definition) is 0. The largest absolute Gasteiger partial charge is 0.487 e. The second kappa shape index (κ2) is 7.69. The highest BCUT2D eigenvalue weighted by Gasteiger charge is 2.24. The maximum absolute atomic E-state index is 14.3. The molecule has 0 atom stereocenters. The molecule has 1 saturated carbocycles. The predicted molar refractivity (Wildman–Crippen MR) is 98.4 cm³/mol. The molecule has 0 spiro atoms. The van der Waals surface area contributed by atoms with Gasteiger partial charge >= 0.3 is 0 Å². The van der Waals surface area contributed by atoms with E-state index >= 15 is 0 Å². The minimum Gasteiger partial charge on any atom is -0.487 e. The van der Waals surface area contributed by atoms with Gasteiger partial charge < -0.3 is 9.64 Å². The van der Waals surface area contributed by atoms with Crippen molar-refractivity contribution in [2.45, 2.75) is 51.0 Å². The molecule has 1 aliphatic heterocycles. The van der Waals surface area contributed by atoms with Gasteiger partial charge in [-0.2, -0.15) is 0 Å². The van der Waals surface area contributed by atoms with Gasteiger partial charge in [-0.05, 0) is 55.2 Å². The number of fused-ring (bicyclic) bond motifs is 1. The van der Waals surface area contributed by atoms with E-state index in [1.54, 1.807) is 18.5 Å². The van der Waals surface area contributed by atoms with Crippen LogP contribution in [-0.2, 0) is 0 Å². The topological polar surface area (TPSA) is 25.4 Å². The van der Waals surface area contributed by atoms with E-state index in [1.807, 2.05) is 6.07 Å². The number of ether oxygens (including phenoxy) is 1. The first-order valence-corrected chi connectivity index (χ1v) is 9.70. The van der Waals surface area contributed by atoms with Crippen molar-refractivity contribution in [2.24, 2.45) is 5.92 Å². The van der Waals surface area contributed by atoms with E-state index in [0.717, 1.165) is 42.6 Å². The summed E-state index contributed by atoms with van der Waals surface area (Å²) in [5.41, 5.74) is 0. The van der Waals surface area contributed by atoms with Crippen LogP contribution in [0.15, 0.2) is 30.6 Å². The Labute approximate surface area is 149 Å². The summed E-state index contributed by atoms with van der Waals surface area (Å²) in [5, 5.41) is 1.79. The molecule has 25 heavy (non-hydrogen) atoms. The van der Waals surface area contributed by atoms with Gasteiger partial charge in [0.2, 0.25) is 0 Å². The fourth-order valence-corrected chi connectivity index (χ4v) is 4.30. The Kier molecular flexibility index (Phi) is 5.16. The minimum atomic E-state index is -0.287. The molecular weight excluding hydrogens is 315 g/mol. The van der Waals surface area contributed by atoms with Crippen molar-refractivity contribution in [3.63, 3.8) is 0 Å². The van der Waals surface area contributed by atoms with Gasteiger partial charge in [0.05, 0.1) is 0 Å². The zero-order valence-corrected chi connectivity index (χ0v) is 14.8. The van der Waals surface area contributed by atoms with Crippen molar-refractivity contribution in [3.8, 4) is 5.75 Å². The molecule has 2 heterocycles. The van der Waals surface area contributed by atoms with Crippen molar-refractivity contribution in [1.82, 2.24) is 9.88 Å². The lowest BCUT2D eigenvalue weighted by Gasteiger charge is -2.35. The summed E-state index contributed by atoms with van der Waals surface area (Å²) in [4.78, 5) is 6.62. The Morgan fingerprint density at radius 2 is 1.84 bits per heavy atom. The average molecular weight is 342 g/mol. The van der Waals surface area contributed by atoms with Crippen LogP contribution in [-0.4, -0.2) is 35.6 Å². The molecule has 0 radical (unpaired) electrons. The second-order valence-corrected chi connectivity index (χ2v) is 7.63. The molecule has 2 aromatic rings. The van der Waals surface area contributed by atoms with Crippen LogP contribution in [0.3, 0.4) is 0 Å². The number of pyridine rings is 1. The molecule has 1 aromatic carbocycles.